The van der Waals surface area contributed by atoms with Crippen molar-refractivity contribution in [3.05, 3.63) is 27.7 Å². The van der Waals surface area contributed by atoms with Gasteiger partial charge in [-0.2, -0.15) is 0 Å². The van der Waals surface area contributed by atoms with Gasteiger partial charge in [0.25, 0.3) is 0 Å². The first-order chi connectivity index (χ1) is 13.7. The van der Waals surface area contributed by atoms with Crippen LogP contribution < -0.4 is 10.4 Å². The van der Waals surface area contributed by atoms with Gasteiger partial charge in [-0.05, 0) is 57.4 Å². The van der Waals surface area contributed by atoms with Crippen molar-refractivity contribution in [1.82, 2.24) is 0 Å². The van der Waals surface area contributed by atoms with E-state index in [-0.39, 0.29) is 30.3 Å². The van der Waals surface area contributed by atoms with Gasteiger partial charge in [0.05, 0.1) is 18.1 Å². The predicted octanol–water partition coefficient (Wildman–Crippen LogP) is 3.35. The summed E-state index contributed by atoms with van der Waals surface area (Å²) in [7, 11) is 0. The molecule has 2 fully saturated rings. The Morgan fingerprint density at radius 1 is 1.21 bits per heavy atom. The van der Waals surface area contributed by atoms with Crippen LogP contribution in [0.25, 0.3) is 0 Å². The van der Waals surface area contributed by atoms with Gasteiger partial charge in [0.1, 0.15) is 5.00 Å². The van der Waals surface area contributed by atoms with E-state index in [0.717, 1.165) is 28.9 Å². The lowest BCUT2D eigenvalue weighted by Crippen LogP contribution is -2.44. The molecule has 158 valence electrons. The second kappa shape index (κ2) is 8.30. The molecule has 0 aliphatic heterocycles. The van der Waals surface area contributed by atoms with Crippen LogP contribution in [0.15, 0.2) is 17.2 Å². The summed E-state index contributed by atoms with van der Waals surface area (Å²) in [6.07, 6.45) is 1.58. The zero-order valence-electron chi connectivity index (χ0n) is 17.5. The van der Waals surface area contributed by atoms with Crippen LogP contribution in [0.4, 0.5) is 5.00 Å². The highest BCUT2D eigenvalue weighted by atomic mass is 32.1. The summed E-state index contributed by atoms with van der Waals surface area (Å²) < 4.78 is 5.13. The molecule has 6 nitrogen and oxygen atoms in total. The molecule has 0 saturated heterocycles. The third-order valence-corrected chi connectivity index (χ3v) is 7.40. The quantitative estimate of drug-likeness (QED) is 0.565. The summed E-state index contributed by atoms with van der Waals surface area (Å²) in [6.45, 7) is 9.93. The van der Waals surface area contributed by atoms with Gasteiger partial charge in [-0.1, -0.05) is 25.0 Å². The highest BCUT2D eigenvalue weighted by Gasteiger charge is 2.54. The van der Waals surface area contributed by atoms with Crippen molar-refractivity contribution >= 4 is 34.2 Å². The number of amides is 1. The molecule has 2 aliphatic rings. The molecule has 2 aliphatic carbocycles. The summed E-state index contributed by atoms with van der Waals surface area (Å²) in [5, 5.41) is 15.2. The normalized spacial score (nSPS) is 25.4. The number of nitrogens with one attached hydrogen (secondary N) is 1. The number of fused-ring (bicyclic) bond motifs is 2. The van der Waals surface area contributed by atoms with E-state index in [4.69, 9.17) is 4.74 Å². The Bertz CT molecular complexity index is 865. The molecule has 0 spiro atoms. The molecular weight excluding hydrogens is 390 g/mol. The Morgan fingerprint density at radius 2 is 1.83 bits per heavy atom. The number of ether oxygens (including phenoxy) is 1. The maximum absolute atomic E-state index is 13.2. The van der Waals surface area contributed by atoms with Gasteiger partial charge in [0.15, 0.2) is 0 Å². The van der Waals surface area contributed by atoms with E-state index in [9.17, 15) is 19.5 Å². The Hall–Kier alpha value is -2.15. The smallest absolute Gasteiger partial charge is 0.341 e. The SMILES string of the molecule is CCOC(=O)c1cc(C(C)C)sc1NC(=O)[C@@H]1[C@@H](C(=O)[O-])[C@H]2CC[C@H]1C2=C(C)C. The molecule has 1 aromatic heterocycles. The van der Waals surface area contributed by atoms with E-state index in [1.165, 1.54) is 11.3 Å². The van der Waals surface area contributed by atoms with Gasteiger partial charge in [-0.25, -0.2) is 4.79 Å². The number of carboxylic acids is 1. The number of hydrogen-bond acceptors (Lipinski definition) is 6. The van der Waals surface area contributed by atoms with Gasteiger partial charge in [-0.15, -0.1) is 11.3 Å². The summed E-state index contributed by atoms with van der Waals surface area (Å²) in [4.78, 5) is 38.4. The Kier molecular flexibility index (Phi) is 6.17. The lowest BCUT2D eigenvalue weighted by molar-refractivity contribution is -0.314. The van der Waals surface area contributed by atoms with Crippen LogP contribution in [0.1, 0.15) is 68.6 Å². The molecule has 7 heteroatoms. The summed E-state index contributed by atoms with van der Waals surface area (Å²) in [5.41, 5.74) is 2.51. The van der Waals surface area contributed by atoms with Crippen LogP contribution in [-0.2, 0) is 14.3 Å². The first-order valence-corrected chi connectivity index (χ1v) is 11.0. The largest absolute Gasteiger partial charge is 0.550 e. The molecule has 1 aromatic rings. The number of thiophene rings is 1. The van der Waals surface area contributed by atoms with Gasteiger partial charge < -0.3 is 20.0 Å². The number of carbonyl (C=O) groups excluding carboxylic acids is 3. The fraction of sp³-hybridized carbons (Fsp3) is 0.591. The molecule has 1 heterocycles. The molecule has 0 aromatic carbocycles. The van der Waals surface area contributed by atoms with Crippen LogP contribution in [0.2, 0.25) is 0 Å². The van der Waals surface area contributed by atoms with Crippen LogP contribution in [0.5, 0.6) is 0 Å². The molecule has 1 amide bonds. The zero-order chi connectivity index (χ0) is 21.5. The Morgan fingerprint density at radius 3 is 2.34 bits per heavy atom. The molecule has 0 unspecified atom stereocenters. The molecule has 0 radical (unpaired) electrons. The van der Waals surface area contributed by atoms with E-state index in [2.05, 4.69) is 5.32 Å². The maximum Gasteiger partial charge on any atom is 0.341 e. The zero-order valence-corrected chi connectivity index (χ0v) is 18.4. The summed E-state index contributed by atoms with van der Waals surface area (Å²) >= 11 is 1.34. The van der Waals surface area contributed by atoms with E-state index < -0.39 is 23.8 Å². The lowest BCUT2D eigenvalue weighted by atomic mass is 9.79. The van der Waals surface area contributed by atoms with E-state index in [0.29, 0.717) is 10.6 Å². The fourth-order valence-electron chi connectivity index (χ4n) is 4.93. The van der Waals surface area contributed by atoms with Crippen molar-refractivity contribution in [2.24, 2.45) is 23.7 Å². The highest BCUT2D eigenvalue weighted by molar-refractivity contribution is 7.16. The van der Waals surface area contributed by atoms with Crippen molar-refractivity contribution in [3.63, 3.8) is 0 Å². The molecule has 4 atom stereocenters. The van der Waals surface area contributed by atoms with E-state index in [1.807, 2.05) is 27.7 Å². The maximum atomic E-state index is 13.2. The molecule has 1 N–H and O–H groups in total. The highest BCUT2D eigenvalue weighted by Crippen LogP contribution is 2.57. The Balaban J connectivity index is 1.93. The van der Waals surface area contributed by atoms with Crippen molar-refractivity contribution in [3.8, 4) is 0 Å². The molecule has 2 saturated carbocycles. The summed E-state index contributed by atoms with van der Waals surface area (Å²) in [5.74, 6) is -3.54. The number of anilines is 1. The van der Waals surface area contributed by atoms with E-state index >= 15 is 0 Å². The minimum atomic E-state index is -1.17. The number of esters is 1. The van der Waals surface area contributed by atoms with Crippen LogP contribution in [-0.4, -0.2) is 24.5 Å². The van der Waals surface area contributed by atoms with Crippen molar-refractivity contribution in [2.45, 2.75) is 53.4 Å². The topological polar surface area (TPSA) is 95.5 Å². The average molecular weight is 419 g/mol. The number of hydrogen-bond donors (Lipinski definition) is 1. The first kappa shape index (κ1) is 21.6. The van der Waals surface area contributed by atoms with Crippen LogP contribution in [0, 0.1) is 23.7 Å². The van der Waals surface area contributed by atoms with Gasteiger partial charge in [0, 0.05) is 16.8 Å². The third kappa shape index (κ3) is 3.84. The number of carbonyl (C=O) groups is 3. The van der Waals surface area contributed by atoms with Gasteiger partial charge in [-0.3, -0.25) is 4.79 Å². The van der Waals surface area contributed by atoms with Gasteiger partial charge >= 0.3 is 5.97 Å². The standard InChI is InChI=1S/C22H29NO5S/c1-6-28-22(27)14-9-15(10(2)3)29-20(14)23-19(24)17-12-7-8-13(16(12)11(4)5)18(17)21(25)26/h9-10,12-13,17-18H,6-8H2,1-5H3,(H,23,24)(H,25,26)/p-1/t12-,13-,17-,18-/m0/s1. The third-order valence-electron chi connectivity index (χ3n) is 6.05. The average Bonchev–Trinajstić information content (AvgIpc) is 3.32. The second-order valence-electron chi connectivity index (χ2n) is 8.37. The monoisotopic (exact) mass is 418 g/mol. The second-order valence-corrected chi connectivity index (χ2v) is 9.46. The predicted molar refractivity (Wildman–Crippen MR) is 110 cm³/mol. The minimum Gasteiger partial charge on any atom is -0.550 e. The number of rotatable bonds is 6. The number of aliphatic carboxylic acids is 1. The van der Waals surface area contributed by atoms with Crippen molar-refractivity contribution in [2.75, 3.05) is 11.9 Å². The van der Waals surface area contributed by atoms with Crippen molar-refractivity contribution in [1.29, 1.82) is 0 Å². The minimum absolute atomic E-state index is 0.0801. The summed E-state index contributed by atoms with van der Waals surface area (Å²) in [6, 6.07) is 1.75. The first-order valence-electron chi connectivity index (χ1n) is 10.2. The number of allylic oxidation sites excluding steroid dienone is 2. The lowest BCUT2D eigenvalue weighted by Gasteiger charge is -2.30. The molecule has 29 heavy (non-hydrogen) atoms. The Labute approximate surface area is 175 Å². The number of carboxylic acid groups (broad SMARTS) is 1. The van der Waals surface area contributed by atoms with E-state index in [1.54, 1.807) is 13.0 Å². The van der Waals surface area contributed by atoms with Crippen LogP contribution in [0.3, 0.4) is 0 Å². The fourth-order valence-corrected chi connectivity index (χ4v) is 5.99. The van der Waals surface area contributed by atoms with Crippen LogP contribution >= 0.6 is 11.3 Å². The van der Waals surface area contributed by atoms with Gasteiger partial charge in [0.2, 0.25) is 5.91 Å². The molecule has 3 rings (SSSR count). The molecule has 2 bridgehead atoms. The van der Waals surface area contributed by atoms with Crippen molar-refractivity contribution < 1.29 is 24.2 Å². The molecular formula is C22H28NO5S-.